The number of para-hydroxylation sites is 2. The number of nitrogens with one attached hydrogen (secondary N) is 1. The van der Waals surface area contributed by atoms with Crippen LogP contribution in [0.15, 0.2) is 48.5 Å². The number of hydrogen-bond donors (Lipinski definition) is 1. The van der Waals surface area contributed by atoms with Crippen molar-refractivity contribution in [1.29, 1.82) is 0 Å². The molecule has 0 bridgehead atoms. The van der Waals surface area contributed by atoms with Crippen LogP contribution in [0.4, 0.5) is 0 Å². The third-order valence-electron chi connectivity index (χ3n) is 5.53. The second-order valence-electron chi connectivity index (χ2n) is 8.35. The molecule has 1 N–H and O–H groups in total. The smallest absolute Gasteiger partial charge is 0.243 e. The summed E-state index contributed by atoms with van der Waals surface area (Å²) in [5.41, 5.74) is 2.23. The molecule has 0 fully saturated rings. The molecule has 2 aliphatic heterocycles. The summed E-state index contributed by atoms with van der Waals surface area (Å²) in [6.45, 7) is 5.21. The third-order valence-corrected chi connectivity index (χ3v) is 5.53. The molecule has 0 aromatic heterocycles. The highest BCUT2D eigenvalue weighted by Crippen LogP contribution is 2.31. The van der Waals surface area contributed by atoms with Crippen molar-refractivity contribution in [3.05, 3.63) is 59.7 Å². The van der Waals surface area contributed by atoms with Gasteiger partial charge in [0.15, 0.2) is 11.5 Å². The second kappa shape index (κ2) is 8.78. The molecular formula is C24H28N2O4. The number of ether oxygens (including phenoxy) is 2. The van der Waals surface area contributed by atoms with Crippen LogP contribution in [0.5, 0.6) is 11.5 Å². The van der Waals surface area contributed by atoms with Crippen LogP contribution in [0.3, 0.4) is 0 Å². The Kier molecular flexibility index (Phi) is 5.93. The fourth-order valence-electron chi connectivity index (χ4n) is 3.98. The van der Waals surface area contributed by atoms with Crippen LogP contribution in [0.1, 0.15) is 31.4 Å². The number of carbonyl (C=O) groups is 2. The van der Waals surface area contributed by atoms with Crippen molar-refractivity contribution in [2.75, 3.05) is 13.2 Å². The summed E-state index contributed by atoms with van der Waals surface area (Å²) in [4.78, 5) is 27.7. The molecule has 2 aromatic rings. The molecule has 0 saturated carbocycles. The van der Waals surface area contributed by atoms with Crippen molar-refractivity contribution in [2.24, 2.45) is 5.92 Å². The number of amides is 2. The van der Waals surface area contributed by atoms with Crippen molar-refractivity contribution in [1.82, 2.24) is 10.2 Å². The molecule has 0 aliphatic carbocycles. The first-order valence-corrected chi connectivity index (χ1v) is 10.5. The lowest BCUT2D eigenvalue weighted by atomic mass is 9.92. The van der Waals surface area contributed by atoms with Crippen LogP contribution in [0.2, 0.25) is 0 Å². The fourth-order valence-corrected chi connectivity index (χ4v) is 3.98. The molecule has 6 nitrogen and oxygen atoms in total. The van der Waals surface area contributed by atoms with Gasteiger partial charge < -0.3 is 19.7 Å². The van der Waals surface area contributed by atoms with E-state index in [9.17, 15) is 9.59 Å². The zero-order valence-electron chi connectivity index (χ0n) is 17.5. The maximum absolute atomic E-state index is 13.1. The molecule has 2 aliphatic rings. The van der Waals surface area contributed by atoms with Gasteiger partial charge in [0, 0.05) is 19.4 Å². The third kappa shape index (κ3) is 4.42. The maximum atomic E-state index is 13.1. The average Bonchev–Trinajstić information content (AvgIpc) is 2.76. The van der Waals surface area contributed by atoms with Crippen LogP contribution in [-0.2, 0) is 22.6 Å². The van der Waals surface area contributed by atoms with Gasteiger partial charge in [-0.05, 0) is 29.2 Å². The highest BCUT2D eigenvalue weighted by atomic mass is 16.6. The van der Waals surface area contributed by atoms with Crippen molar-refractivity contribution >= 4 is 11.8 Å². The highest BCUT2D eigenvalue weighted by Gasteiger charge is 2.35. The number of nitrogens with zero attached hydrogens (tertiary/aromatic N) is 1. The quantitative estimate of drug-likeness (QED) is 0.826. The maximum Gasteiger partial charge on any atom is 0.243 e. The van der Waals surface area contributed by atoms with Gasteiger partial charge in [0.2, 0.25) is 11.8 Å². The predicted molar refractivity (Wildman–Crippen MR) is 113 cm³/mol. The summed E-state index contributed by atoms with van der Waals surface area (Å²) < 4.78 is 11.7. The van der Waals surface area contributed by atoms with Gasteiger partial charge in [-0.1, -0.05) is 50.2 Å². The van der Waals surface area contributed by atoms with E-state index in [1.165, 1.54) is 0 Å². The zero-order valence-corrected chi connectivity index (χ0v) is 17.5. The van der Waals surface area contributed by atoms with Crippen molar-refractivity contribution in [3.63, 3.8) is 0 Å². The molecule has 30 heavy (non-hydrogen) atoms. The minimum absolute atomic E-state index is 0.0193. The molecule has 2 heterocycles. The Balaban J connectivity index is 1.43. The topological polar surface area (TPSA) is 67.9 Å². The Hall–Kier alpha value is -3.02. The Morgan fingerprint density at radius 3 is 2.53 bits per heavy atom. The first-order chi connectivity index (χ1) is 14.5. The Morgan fingerprint density at radius 1 is 1.07 bits per heavy atom. The van der Waals surface area contributed by atoms with E-state index in [0.717, 1.165) is 16.9 Å². The lowest BCUT2D eigenvalue weighted by Gasteiger charge is -2.37. The average molecular weight is 408 g/mol. The molecule has 2 atom stereocenters. The number of hydrogen-bond acceptors (Lipinski definition) is 4. The summed E-state index contributed by atoms with van der Waals surface area (Å²) in [6, 6.07) is 15.0. The van der Waals surface area contributed by atoms with Crippen LogP contribution >= 0.6 is 0 Å². The van der Waals surface area contributed by atoms with Crippen LogP contribution in [-0.4, -0.2) is 42.0 Å². The van der Waals surface area contributed by atoms with Crippen molar-refractivity contribution in [2.45, 2.75) is 45.4 Å². The molecule has 0 spiro atoms. The Labute approximate surface area is 177 Å². The summed E-state index contributed by atoms with van der Waals surface area (Å²) in [5.74, 6) is 1.51. The van der Waals surface area contributed by atoms with Gasteiger partial charge in [-0.2, -0.15) is 0 Å². The van der Waals surface area contributed by atoms with E-state index in [0.29, 0.717) is 38.3 Å². The van der Waals surface area contributed by atoms with E-state index in [1.54, 1.807) is 4.90 Å². The van der Waals surface area contributed by atoms with Gasteiger partial charge in [0.1, 0.15) is 18.8 Å². The highest BCUT2D eigenvalue weighted by molar-refractivity contribution is 5.88. The molecule has 2 aromatic carbocycles. The first kappa shape index (κ1) is 20.3. The molecule has 0 radical (unpaired) electrons. The number of carbonyl (C=O) groups excluding carboxylic acids is 2. The van der Waals surface area contributed by atoms with Crippen LogP contribution in [0.25, 0.3) is 0 Å². The van der Waals surface area contributed by atoms with Gasteiger partial charge in [-0.3, -0.25) is 9.59 Å². The molecule has 0 saturated heterocycles. The minimum atomic E-state index is -0.511. The van der Waals surface area contributed by atoms with E-state index in [1.807, 2.05) is 62.4 Å². The molecular weight excluding hydrogens is 380 g/mol. The van der Waals surface area contributed by atoms with Crippen LogP contribution < -0.4 is 14.8 Å². The van der Waals surface area contributed by atoms with E-state index in [-0.39, 0.29) is 23.8 Å². The Morgan fingerprint density at radius 2 is 1.77 bits per heavy atom. The van der Waals surface area contributed by atoms with E-state index >= 15 is 0 Å². The van der Waals surface area contributed by atoms with Gasteiger partial charge in [0.05, 0.1) is 6.54 Å². The van der Waals surface area contributed by atoms with Gasteiger partial charge in [-0.15, -0.1) is 0 Å². The largest absolute Gasteiger partial charge is 0.486 e. The van der Waals surface area contributed by atoms with Crippen LogP contribution in [0, 0.1) is 5.92 Å². The standard InChI is InChI=1S/C24H28N2O4/c1-16(2)11-23(27)26-14-18-8-4-3-7-17(18)12-20(26)24(28)25-13-19-15-29-21-9-5-6-10-22(21)30-19/h3-10,16,19-20H,11-15H2,1-2H3,(H,25,28). The first-order valence-electron chi connectivity index (χ1n) is 10.5. The fraction of sp³-hybridized carbons (Fsp3) is 0.417. The number of rotatable bonds is 5. The van der Waals surface area contributed by atoms with Gasteiger partial charge in [-0.25, -0.2) is 0 Å². The summed E-state index contributed by atoms with van der Waals surface area (Å²) in [5, 5.41) is 2.98. The zero-order chi connectivity index (χ0) is 21.1. The van der Waals surface area contributed by atoms with E-state index in [2.05, 4.69) is 5.32 Å². The monoisotopic (exact) mass is 408 g/mol. The molecule has 158 valence electrons. The molecule has 2 amide bonds. The lowest BCUT2D eigenvalue weighted by Crippen LogP contribution is -2.54. The summed E-state index contributed by atoms with van der Waals surface area (Å²) >= 11 is 0. The summed E-state index contributed by atoms with van der Waals surface area (Å²) in [7, 11) is 0. The lowest BCUT2D eigenvalue weighted by molar-refractivity contribution is -0.142. The van der Waals surface area contributed by atoms with E-state index < -0.39 is 6.04 Å². The summed E-state index contributed by atoms with van der Waals surface area (Å²) in [6.07, 6.45) is 0.693. The Bertz CT molecular complexity index is 927. The normalized spacial score (nSPS) is 19.9. The number of fused-ring (bicyclic) bond motifs is 2. The predicted octanol–water partition coefficient (Wildman–Crippen LogP) is 2.94. The molecule has 2 unspecified atom stereocenters. The second-order valence-corrected chi connectivity index (χ2v) is 8.35. The van der Waals surface area contributed by atoms with E-state index in [4.69, 9.17) is 9.47 Å². The van der Waals surface area contributed by atoms with Crippen molar-refractivity contribution in [3.8, 4) is 11.5 Å². The van der Waals surface area contributed by atoms with Gasteiger partial charge >= 0.3 is 0 Å². The minimum Gasteiger partial charge on any atom is -0.486 e. The SMILES string of the molecule is CC(C)CC(=O)N1Cc2ccccc2CC1C(=O)NCC1COc2ccccc2O1. The molecule has 6 heteroatoms. The number of benzene rings is 2. The van der Waals surface area contributed by atoms with Crippen molar-refractivity contribution < 1.29 is 19.1 Å². The van der Waals surface area contributed by atoms with Gasteiger partial charge in [0.25, 0.3) is 0 Å². The molecule has 4 rings (SSSR count).